The van der Waals surface area contributed by atoms with E-state index in [0.29, 0.717) is 0 Å². The molecule has 2 atom stereocenters. The highest BCUT2D eigenvalue weighted by molar-refractivity contribution is 7.97. The van der Waals surface area contributed by atoms with Crippen LogP contribution in [0.1, 0.15) is 13.8 Å². The lowest BCUT2D eigenvalue weighted by Gasteiger charge is -2.37. The average Bonchev–Trinajstić information content (AvgIpc) is 2.17. The van der Waals surface area contributed by atoms with Crippen molar-refractivity contribution in [3.63, 3.8) is 0 Å². The molecule has 2 nitrogen and oxygen atoms in total. The predicted molar refractivity (Wildman–Crippen MR) is 73.8 cm³/mol. The van der Waals surface area contributed by atoms with Crippen LogP contribution in [0, 0.1) is 0 Å². The zero-order valence-corrected chi connectivity index (χ0v) is 12.3. The van der Waals surface area contributed by atoms with Crippen molar-refractivity contribution in [2.24, 2.45) is 0 Å². The van der Waals surface area contributed by atoms with E-state index in [1.807, 2.05) is 18.2 Å². The summed E-state index contributed by atoms with van der Waals surface area (Å²) in [5.41, 5.74) is 0. The number of rotatable bonds is 4. The van der Waals surface area contributed by atoms with Crippen LogP contribution in [0.25, 0.3) is 0 Å². The summed E-state index contributed by atoms with van der Waals surface area (Å²) in [6, 6.07) is 10.3. The molecule has 0 fully saturated rings. The van der Waals surface area contributed by atoms with Gasteiger partial charge in [-0.2, -0.15) is 0 Å². The highest BCUT2D eigenvalue weighted by Crippen LogP contribution is 2.52. The summed E-state index contributed by atoms with van der Waals surface area (Å²) < 4.78 is 0. The van der Waals surface area contributed by atoms with Gasteiger partial charge in [-0.25, -0.2) is 0 Å². The van der Waals surface area contributed by atoms with Gasteiger partial charge in [-0.05, 0) is 13.8 Å². The summed E-state index contributed by atoms with van der Waals surface area (Å²) >= 11 is 0. The number of hydrogen-bond donors (Lipinski definition) is 2. The third kappa shape index (κ3) is 2.92. The molecule has 0 bridgehead atoms. The number of hydrogen-bond acceptors (Lipinski definition) is 2. The summed E-state index contributed by atoms with van der Waals surface area (Å²) in [4.78, 5) is 0. The first-order chi connectivity index (χ1) is 7.37. The summed E-state index contributed by atoms with van der Waals surface area (Å²) in [6.07, 6.45) is 0. The second-order valence-corrected chi connectivity index (χ2v) is 15.5. The van der Waals surface area contributed by atoms with Gasteiger partial charge in [0, 0.05) is 0 Å². The average molecular weight is 256 g/mol. The molecule has 0 saturated carbocycles. The van der Waals surface area contributed by atoms with Gasteiger partial charge in [-0.3, -0.25) is 0 Å². The Labute approximate surface area is 99.9 Å². The Bertz CT molecular complexity index is 317. The molecule has 0 aliphatic heterocycles. The fourth-order valence-electron chi connectivity index (χ4n) is 2.24. The monoisotopic (exact) mass is 256 g/mol. The minimum absolute atomic E-state index is 0.406. The van der Waals surface area contributed by atoms with Crippen LogP contribution in [0.4, 0.5) is 0 Å². The lowest BCUT2D eigenvalue weighted by Crippen LogP contribution is -2.44. The zero-order valence-electron chi connectivity index (χ0n) is 10.4. The first-order valence-corrected chi connectivity index (χ1v) is 10.9. The molecule has 2 N–H and O–H groups in total. The third-order valence-corrected chi connectivity index (χ3v) is 14.5. The number of aliphatic hydroxyl groups excluding tert-OH is 2. The van der Waals surface area contributed by atoms with Crippen LogP contribution in [-0.4, -0.2) is 29.6 Å². The minimum Gasteiger partial charge on any atom is -0.389 e. The summed E-state index contributed by atoms with van der Waals surface area (Å²) in [6.45, 7) is 8.06. The van der Waals surface area contributed by atoms with Crippen LogP contribution in [0.15, 0.2) is 30.3 Å². The van der Waals surface area contributed by atoms with Crippen molar-refractivity contribution in [3.8, 4) is 0 Å². The van der Waals surface area contributed by atoms with E-state index in [-0.39, 0.29) is 0 Å². The molecule has 90 valence electrons. The van der Waals surface area contributed by atoms with Gasteiger partial charge >= 0.3 is 0 Å². The van der Waals surface area contributed by atoms with Gasteiger partial charge < -0.3 is 10.2 Å². The molecule has 0 amide bonds. The van der Waals surface area contributed by atoms with Crippen LogP contribution >= 0.6 is 7.47 Å². The molecular formula is C12H21O2PSi. The Morgan fingerprint density at radius 1 is 1.00 bits per heavy atom. The SMILES string of the molecule is CC(O)P(C(C)O)[Si](C)(C)c1ccccc1. The van der Waals surface area contributed by atoms with Gasteiger partial charge in [0.1, 0.15) is 7.74 Å². The molecule has 1 aromatic rings. The smallest absolute Gasteiger partial charge is 0.113 e. The second-order valence-electron chi connectivity index (χ2n) is 4.60. The van der Waals surface area contributed by atoms with Gasteiger partial charge in [0.05, 0.1) is 11.7 Å². The molecule has 1 rings (SSSR count). The van der Waals surface area contributed by atoms with Crippen LogP contribution in [0.5, 0.6) is 0 Å². The summed E-state index contributed by atoms with van der Waals surface area (Å²) in [5.74, 6) is -0.811. The van der Waals surface area contributed by atoms with Crippen molar-refractivity contribution < 1.29 is 10.2 Å². The van der Waals surface area contributed by atoms with Crippen molar-refractivity contribution in [2.75, 3.05) is 0 Å². The second kappa shape index (κ2) is 5.41. The van der Waals surface area contributed by atoms with Crippen LogP contribution in [-0.2, 0) is 0 Å². The topological polar surface area (TPSA) is 40.5 Å². The zero-order chi connectivity index (χ0) is 12.3. The van der Waals surface area contributed by atoms with E-state index in [1.54, 1.807) is 13.8 Å². The van der Waals surface area contributed by atoms with E-state index in [2.05, 4.69) is 25.2 Å². The van der Waals surface area contributed by atoms with E-state index < -0.39 is 26.9 Å². The van der Waals surface area contributed by atoms with Crippen molar-refractivity contribution >= 4 is 20.4 Å². The summed E-state index contributed by atoms with van der Waals surface area (Å²) in [7, 11) is -2.52. The largest absolute Gasteiger partial charge is 0.389 e. The number of aliphatic hydroxyl groups is 2. The Balaban J connectivity index is 3.08. The lowest BCUT2D eigenvalue weighted by molar-refractivity contribution is 0.247. The molecule has 16 heavy (non-hydrogen) atoms. The van der Waals surface area contributed by atoms with Crippen molar-refractivity contribution in [1.82, 2.24) is 0 Å². The molecule has 4 heteroatoms. The fourth-order valence-corrected chi connectivity index (χ4v) is 13.0. The highest BCUT2D eigenvalue weighted by atomic mass is 31.4. The van der Waals surface area contributed by atoms with Crippen molar-refractivity contribution in [3.05, 3.63) is 30.3 Å². The van der Waals surface area contributed by atoms with E-state index in [1.165, 1.54) is 5.19 Å². The molecule has 0 heterocycles. The maximum absolute atomic E-state index is 9.88. The molecule has 0 radical (unpaired) electrons. The molecule has 0 aliphatic carbocycles. The van der Waals surface area contributed by atoms with E-state index in [0.717, 1.165) is 0 Å². The first kappa shape index (κ1) is 13.9. The molecule has 1 aromatic carbocycles. The summed E-state index contributed by atoms with van der Waals surface area (Å²) in [5, 5.41) is 21.1. The molecular weight excluding hydrogens is 235 g/mol. The number of benzene rings is 1. The minimum atomic E-state index is -1.77. The fraction of sp³-hybridized carbons (Fsp3) is 0.500. The molecule has 0 aromatic heterocycles. The van der Waals surface area contributed by atoms with Crippen LogP contribution < -0.4 is 5.19 Å². The molecule has 2 unspecified atom stereocenters. The maximum atomic E-state index is 9.88. The Morgan fingerprint density at radius 3 is 1.81 bits per heavy atom. The molecule has 0 aliphatic rings. The lowest BCUT2D eigenvalue weighted by atomic mass is 10.4. The third-order valence-electron chi connectivity index (χ3n) is 2.93. The Kier molecular flexibility index (Phi) is 4.69. The van der Waals surface area contributed by atoms with Gasteiger partial charge in [-0.1, -0.05) is 56.1 Å². The van der Waals surface area contributed by atoms with Crippen LogP contribution in [0.3, 0.4) is 0 Å². The normalized spacial score (nSPS) is 17.9. The Morgan fingerprint density at radius 2 is 1.44 bits per heavy atom. The van der Waals surface area contributed by atoms with E-state index >= 15 is 0 Å². The predicted octanol–water partition coefficient (Wildman–Crippen LogP) is 2.26. The molecule has 0 spiro atoms. The molecule has 0 saturated heterocycles. The van der Waals surface area contributed by atoms with Crippen LogP contribution in [0.2, 0.25) is 13.1 Å². The standard InChI is InChI=1S/C12H21O2PSi/c1-10(13)15(11(2)14)16(3,4)12-8-6-5-7-9-12/h5-11,13-14H,1-4H3. The van der Waals surface area contributed by atoms with Crippen molar-refractivity contribution in [1.29, 1.82) is 0 Å². The van der Waals surface area contributed by atoms with E-state index in [9.17, 15) is 10.2 Å². The highest BCUT2D eigenvalue weighted by Gasteiger charge is 2.38. The Hall–Kier alpha value is -0.213. The first-order valence-electron chi connectivity index (χ1n) is 5.57. The maximum Gasteiger partial charge on any atom is 0.113 e. The van der Waals surface area contributed by atoms with Gasteiger partial charge in [0.15, 0.2) is 0 Å². The van der Waals surface area contributed by atoms with Crippen molar-refractivity contribution in [2.45, 2.75) is 38.6 Å². The van der Waals surface area contributed by atoms with Gasteiger partial charge in [0.2, 0.25) is 0 Å². The van der Waals surface area contributed by atoms with Gasteiger partial charge in [-0.15, -0.1) is 0 Å². The van der Waals surface area contributed by atoms with Gasteiger partial charge in [0.25, 0.3) is 0 Å². The van der Waals surface area contributed by atoms with E-state index in [4.69, 9.17) is 0 Å². The quantitative estimate of drug-likeness (QED) is 0.641.